The summed E-state index contributed by atoms with van der Waals surface area (Å²) in [5.74, 6) is -0.143. The van der Waals surface area contributed by atoms with E-state index in [4.69, 9.17) is 9.47 Å². The number of carbonyl (C=O) groups is 1. The standard InChI is InChI=1S/C17H27NO3/c1-5-18(6-2)16(12-17(19)21-7-3)15-10-8-14(9-11-15)13-20-4/h8-11,16H,5-7,12-13H2,1-4H3. The van der Waals surface area contributed by atoms with Gasteiger partial charge in [0.2, 0.25) is 0 Å². The van der Waals surface area contributed by atoms with Crippen molar-refractivity contribution in [2.24, 2.45) is 0 Å². The zero-order chi connectivity index (χ0) is 15.7. The molecule has 1 aromatic rings. The van der Waals surface area contributed by atoms with E-state index in [1.54, 1.807) is 7.11 Å². The van der Waals surface area contributed by atoms with Crippen LogP contribution in [0.1, 0.15) is 44.4 Å². The van der Waals surface area contributed by atoms with Gasteiger partial charge in [0, 0.05) is 13.2 Å². The molecule has 0 saturated carbocycles. The highest BCUT2D eigenvalue weighted by molar-refractivity contribution is 5.70. The predicted octanol–water partition coefficient (Wildman–Crippen LogP) is 3.17. The minimum Gasteiger partial charge on any atom is -0.466 e. The number of methoxy groups -OCH3 is 1. The summed E-state index contributed by atoms with van der Waals surface area (Å²) in [6, 6.07) is 8.34. The summed E-state index contributed by atoms with van der Waals surface area (Å²) in [7, 11) is 1.69. The molecular weight excluding hydrogens is 266 g/mol. The first-order valence-corrected chi connectivity index (χ1v) is 7.63. The molecule has 118 valence electrons. The number of ether oxygens (including phenoxy) is 2. The summed E-state index contributed by atoms with van der Waals surface area (Å²) in [6.07, 6.45) is 0.388. The van der Waals surface area contributed by atoms with E-state index in [1.807, 2.05) is 6.92 Å². The molecule has 0 radical (unpaired) electrons. The normalized spacial score (nSPS) is 12.4. The third kappa shape index (κ3) is 5.48. The lowest BCUT2D eigenvalue weighted by Gasteiger charge is -2.29. The molecule has 0 aliphatic rings. The molecule has 0 amide bonds. The number of rotatable bonds is 9. The summed E-state index contributed by atoms with van der Waals surface area (Å²) < 4.78 is 10.2. The van der Waals surface area contributed by atoms with E-state index < -0.39 is 0 Å². The van der Waals surface area contributed by atoms with Crippen LogP contribution in [-0.4, -0.2) is 37.7 Å². The topological polar surface area (TPSA) is 38.8 Å². The Morgan fingerprint density at radius 3 is 2.24 bits per heavy atom. The lowest BCUT2D eigenvalue weighted by Crippen LogP contribution is -2.30. The summed E-state index contributed by atoms with van der Waals surface area (Å²) in [5.41, 5.74) is 2.28. The van der Waals surface area contributed by atoms with E-state index in [0.29, 0.717) is 19.6 Å². The Morgan fingerprint density at radius 2 is 1.76 bits per heavy atom. The SMILES string of the molecule is CCOC(=O)CC(c1ccc(COC)cc1)N(CC)CC. The minimum atomic E-state index is -0.143. The van der Waals surface area contributed by atoms with Gasteiger partial charge in [0.05, 0.1) is 19.6 Å². The maximum Gasteiger partial charge on any atom is 0.307 e. The number of carbonyl (C=O) groups excluding carboxylic acids is 1. The molecule has 0 aromatic heterocycles. The molecule has 1 atom stereocenters. The Morgan fingerprint density at radius 1 is 1.14 bits per heavy atom. The van der Waals surface area contributed by atoms with Crippen LogP contribution in [0.5, 0.6) is 0 Å². The second kappa shape index (κ2) is 9.53. The van der Waals surface area contributed by atoms with Crippen LogP contribution in [0.25, 0.3) is 0 Å². The van der Waals surface area contributed by atoms with Crippen molar-refractivity contribution in [1.29, 1.82) is 0 Å². The van der Waals surface area contributed by atoms with Gasteiger partial charge in [0.1, 0.15) is 0 Å². The highest BCUT2D eigenvalue weighted by Crippen LogP contribution is 2.25. The Bertz CT molecular complexity index is 413. The van der Waals surface area contributed by atoms with Gasteiger partial charge in [-0.15, -0.1) is 0 Å². The second-order valence-electron chi connectivity index (χ2n) is 4.92. The van der Waals surface area contributed by atoms with E-state index in [1.165, 1.54) is 0 Å². The van der Waals surface area contributed by atoms with Crippen LogP contribution in [0.4, 0.5) is 0 Å². The molecule has 1 rings (SSSR count). The second-order valence-corrected chi connectivity index (χ2v) is 4.92. The van der Waals surface area contributed by atoms with Gasteiger partial charge in [-0.2, -0.15) is 0 Å². The van der Waals surface area contributed by atoms with E-state index >= 15 is 0 Å². The van der Waals surface area contributed by atoms with Crippen molar-refractivity contribution in [3.63, 3.8) is 0 Å². The van der Waals surface area contributed by atoms with E-state index in [0.717, 1.165) is 24.2 Å². The molecule has 1 aromatic carbocycles. The molecule has 0 bridgehead atoms. The number of nitrogens with zero attached hydrogens (tertiary/aromatic N) is 1. The monoisotopic (exact) mass is 293 g/mol. The first-order chi connectivity index (χ1) is 10.2. The fourth-order valence-corrected chi connectivity index (χ4v) is 2.50. The summed E-state index contributed by atoms with van der Waals surface area (Å²) in [5, 5.41) is 0. The van der Waals surface area contributed by atoms with E-state index in [9.17, 15) is 4.79 Å². The Balaban J connectivity index is 2.91. The molecule has 0 saturated heterocycles. The highest BCUT2D eigenvalue weighted by Gasteiger charge is 2.22. The number of benzene rings is 1. The fourth-order valence-electron chi connectivity index (χ4n) is 2.50. The molecule has 4 heteroatoms. The highest BCUT2D eigenvalue weighted by atomic mass is 16.5. The molecular formula is C17H27NO3. The van der Waals surface area contributed by atoms with E-state index in [2.05, 4.69) is 43.0 Å². The molecule has 21 heavy (non-hydrogen) atoms. The summed E-state index contributed by atoms with van der Waals surface area (Å²) in [4.78, 5) is 14.1. The number of hydrogen-bond donors (Lipinski definition) is 0. The van der Waals surface area contributed by atoms with Crippen LogP contribution in [-0.2, 0) is 20.9 Å². The molecule has 4 nitrogen and oxygen atoms in total. The molecule has 0 N–H and O–H groups in total. The molecule has 1 unspecified atom stereocenters. The zero-order valence-corrected chi connectivity index (χ0v) is 13.6. The van der Waals surface area contributed by atoms with Crippen LogP contribution in [0, 0.1) is 0 Å². The lowest BCUT2D eigenvalue weighted by molar-refractivity contribution is -0.144. The first-order valence-electron chi connectivity index (χ1n) is 7.63. The van der Waals surface area contributed by atoms with Gasteiger partial charge in [-0.3, -0.25) is 9.69 Å². The van der Waals surface area contributed by atoms with Crippen molar-refractivity contribution in [2.45, 2.75) is 39.8 Å². The van der Waals surface area contributed by atoms with Gasteiger partial charge < -0.3 is 9.47 Å². The average molecular weight is 293 g/mol. The van der Waals surface area contributed by atoms with E-state index in [-0.39, 0.29) is 12.0 Å². The predicted molar refractivity (Wildman–Crippen MR) is 84.1 cm³/mol. The van der Waals surface area contributed by atoms with Gasteiger partial charge in [-0.25, -0.2) is 0 Å². The smallest absolute Gasteiger partial charge is 0.307 e. The van der Waals surface area contributed by atoms with Gasteiger partial charge in [0.15, 0.2) is 0 Å². The molecule has 0 aliphatic carbocycles. The van der Waals surface area contributed by atoms with Gasteiger partial charge >= 0.3 is 5.97 Å². The van der Waals surface area contributed by atoms with Crippen molar-refractivity contribution in [3.05, 3.63) is 35.4 Å². The Labute approximate surface area is 128 Å². The van der Waals surface area contributed by atoms with Crippen LogP contribution >= 0.6 is 0 Å². The quantitative estimate of drug-likeness (QED) is 0.656. The van der Waals surface area contributed by atoms with Gasteiger partial charge in [-0.1, -0.05) is 38.1 Å². The summed E-state index contributed by atoms with van der Waals surface area (Å²) in [6.45, 7) is 8.90. The number of esters is 1. The van der Waals surface area contributed by atoms with Crippen molar-refractivity contribution in [1.82, 2.24) is 4.90 Å². The molecule has 0 aliphatic heterocycles. The van der Waals surface area contributed by atoms with Crippen LogP contribution in [0.15, 0.2) is 24.3 Å². The largest absolute Gasteiger partial charge is 0.466 e. The molecule has 0 spiro atoms. The van der Waals surface area contributed by atoms with Crippen LogP contribution in [0.3, 0.4) is 0 Å². The third-order valence-corrected chi connectivity index (χ3v) is 3.59. The fraction of sp³-hybridized carbons (Fsp3) is 0.588. The van der Waals surface area contributed by atoms with Gasteiger partial charge in [0.25, 0.3) is 0 Å². The maximum atomic E-state index is 11.9. The Hall–Kier alpha value is -1.39. The Kier molecular flexibility index (Phi) is 8.01. The molecule has 0 fully saturated rings. The summed E-state index contributed by atoms with van der Waals surface area (Å²) >= 11 is 0. The first kappa shape index (κ1) is 17.7. The maximum absolute atomic E-state index is 11.9. The van der Waals surface area contributed by atoms with Gasteiger partial charge in [-0.05, 0) is 31.1 Å². The van der Waals surface area contributed by atoms with Crippen LogP contribution < -0.4 is 0 Å². The molecule has 0 heterocycles. The van der Waals surface area contributed by atoms with Crippen molar-refractivity contribution in [3.8, 4) is 0 Å². The third-order valence-electron chi connectivity index (χ3n) is 3.59. The minimum absolute atomic E-state index is 0.0654. The van der Waals surface area contributed by atoms with Crippen LogP contribution in [0.2, 0.25) is 0 Å². The zero-order valence-electron chi connectivity index (χ0n) is 13.6. The average Bonchev–Trinajstić information content (AvgIpc) is 2.49. The lowest BCUT2D eigenvalue weighted by atomic mass is 10.0. The van der Waals surface area contributed by atoms with Crippen molar-refractivity contribution >= 4 is 5.97 Å². The van der Waals surface area contributed by atoms with Crippen molar-refractivity contribution < 1.29 is 14.3 Å². The van der Waals surface area contributed by atoms with Crippen molar-refractivity contribution in [2.75, 3.05) is 26.8 Å². The number of hydrogen-bond acceptors (Lipinski definition) is 4.